The number of nitrogens with zero attached hydrogens (tertiary/aromatic N) is 1. The number of likely N-dealkylation sites (tertiary alicyclic amines) is 1. The molecule has 4 heteroatoms. The summed E-state index contributed by atoms with van der Waals surface area (Å²) in [7, 11) is 1.59. The van der Waals surface area contributed by atoms with Crippen molar-refractivity contribution in [2.45, 2.75) is 25.4 Å². The third kappa shape index (κ3) is 4.15. The number of hydrogen-bond acceptors (Lipinski definition) is 3. The van der Waals surface area contributed by atoms with E-state index in [0.29, 0.717) is 11.3 Å². The quantitative estimate of drug-likeness (QED) is 0.919. The Morgan fingerprint density at radius 2 is 1.92 bits per heavy atom. The number of carbonyl (C=O) groups is 1. The molecule has 1 atom stereocenters. The van der Waals surface area contributed by atoms with Crippen molar-refractivity contribution in [2.24, 2.45) is 0 Å². The predicted molar refractivity (Wildman–Crippen MR) is 95.2 cm³/mol. The van der Waals surface area contributed by atoms with E-state index in [1.165, 1.54) is 5.56 Å². The Morgan fingerprint density at radius 1 is 1.17 bits per heavy atom. The highest BCUT2D eigenvalue weighted by Crippen LogP contribution is 2.19. The van der Waals surface area contributed by atoms with E-state index >= 15 is 0 Å². The number of methoxy groups -OCH3 is 1. The molecule has 0 radical (unpaired) electrons. The zero-order chi connectivity index (χ0) is 16.8. The van der Waals surface area contributed by atoms with Crippen molar-refractivity contribution < 1.29 is 9.53 Å². The minimum atomic E-state index is -0.0565. The van der Waals surface area contributed by atoms with Crippen molar-refractivity contribution in [1.29, 1.82) is 0 Å². The average Bonchev–Trinajstić information content (AvgIpc) is 2.63. The Bertz CT molecular complexity index is 672. The van der Waals surface area contributed by atoms with Gasteiger partial charge in [0.15, 0.2) is 0 Å². The lowest BCUT2D eigenvalue weighted by molar-refractivity contribution is 0.0898. The van der Waals surface area contributed by atoms with Crippen molar-refractivity contribution in [1.82, 2.24) is 10.2 Å². The van der Waals surface area contributed by atoms with Gasteiger partial charge < -0.3 is 10.1 Å². The minimum Gasteiger partial charge on any atom is -0.496 e. The monoisotopic (exact) mass is 324 g/mol. The first kappa shape index (κ1) is 16.5. The van der Waals surface area contributed by atoms with Crippen LogP contribution in [-0.4, -0.2) is 37.0 Å². The van der Waals surface area contributed by atoms with E-state index in [4.69, 9.17) is 4.74 Å². The van der Waals surface area contributed by atoms with Crippen LogP contribution in [0.2, 0.25) is 0 Å². The molecule has 1 N–H and O–H groups in total. The van der Waals surface area contributed by atoms with E-state index < -0.39 is 0 Å². The number of nitrogens with one attached hydrogen (secondary N) is 1. The number of benzene rings is 2. The first-order valence-electron chi connectivity index (χ1n) is 8.46. The number of ether oxygens (including phenoxy) is 1. The van der Waals surface area contributed by atoms with Crippen LogP contribution in [0.15, 0.2) is 54.6 Å². The van der Waals surface area contributed by atoms with Gasteiger partial charge in [-0.2, -0.15) is 0 Å². The van der Waals surface area contributed by atoms with Crippen LogP contribution in [0.25, 0.3) is 0 Å². The topological polar surface area (TPSA) is 41.6 Å². The van der Waals surface area contributed by atoms with Crippen LogP contribution in [-0.2, 0) is 6.54 Å². The van der Waals surface area contributed by atoms with E-state index in [-0.39, 0.29) is 11.9 Å². The minimum absolute atomic E-state index is 0.0565. The highest BCUT2D eigenvalue weighted by Gasteiger charge is 2.22. The Kier molecular flexibility index (Phi) is 5.49. The first-order valence-corrected chi connectivity index (χ1v) is 8.46. The van der Waals surface area contributed by atoms with Gasteiger partial charge in [0, 0.05) is 19.1 Å². The molecule has 0 saturated carbocycles. The third-order valence-electron chi connectivity index (χ3n) is 4.44. The van der Waals surface area contributed by atoms with Crippen LogP contribution in [0.3, 0.4) is 0 Å². The summed E-state index contributed by atoms with van der Waals surface area (Å²) in [5, 5.41) is 3.17. The smallest absolute Gasteiger partial charge is 0.255 e. The molecule has 24 heavy (non-hydrogen) atoms. The number of rotatable bonds is 5. The van der Waals surface area contributed by atoms with Crippen LogP contribution in [0, 0.1) is 0 Å². The predicted octanol–water partition coefficient (Wildman–Crippen LogP) is 3.09. The van der Waals surface area contributed by atoms with Gasteiger partial charge in [0.25, 0.3) is 5.91 Å². The third-order valence-corrected chi connectivity index (χ3v) is 4.44. The van der Waals surface area contributed by atoms with Crippen LogP contribution < -0.4 is 10.1 Å². The summed E-state index contributed by atoms with van der Waals surface area (Å²) in [4.78, 5) is 15.0. The summed E-state index contributed by atoms with van der Waals surface area (Å²) >= 11 is 0. The molecule has 2 aromatic rings. The summed E-state index contributed by atoms with van der Waals surface area (Å²) in [5.41, 5.74) is 1.91. The maximum atomic E-state index is 12.5. The zero-order valence-electron chi connectivity index (χ0n) is 14.1. The van der Waals surface area contributed by atoms with Crippen LogP contribution in [0.1, 0.15) is 28.8 Å². The molecule has 3 rings (SSSR count). The molecule has 0 aromatic heterocycles. The summed E-state index contributed by atoms with van der Waals surface area (Å²) in [6.07, 6.45) is 2.12. The Balaban J connectivity index is 1.60. The maximum absolute atomic E-state index is 12.5. The lowest BCUT2D eigenvalue weighted by Crippen LogP contribution is -2.47. The molecule has 1 amide bonds. The lowest BCUT2D eigenvalue weighted by atomic mass is 10.0. The Hall–Kier alpha value is -2.33. The van der Waals surface area contributed by atoms with Crippen molar-refractivity contribution >= 4 is 5.91 Å². The maximum Gasteiger partial charge on any atom is 0.255 e. The number of piperidine rings is 1. The van der Waals surface area contributed by atoms with E-state index in [1.807, 2.05) is 24.3 Å². The van der Waals surface area contributed by atoms with Crippen molar-refractivity contribution in [3.05, 3.63) is 65.7 Å². The van der Waals surface area contributed by atoms with Crippen LogP contribution >= 0.6 is 0 Å². The fraction of sp³-hybridized carbons (Fsp3) is 0.350. The molecule has 1 aliphatic heterocycles. The SMILES string of the molecule is COc1ccccc1C(=O)NC1CCCN(Cc2ccccc2)C1. The summed E-state index contributed by atoms with van der Waals surface area (Å²) in [6.45, 7) is 2.90. The number of amides is 1. The molecule has 2 aromatic carbocycles. The summed E-state index contributed by atoms with van der Waals surface area (Å²) in [6, 6.07) is 18.0. The second-order valence-electron chi connectivity index (χ2n) is 6.23. The van der Waals surface area contributed by atoms with Crippen LogP contribution in [0.5, 0.6) is 5.75 Å². The molecule has 1 saturated heterocycles. The molecular weight excluding hydrogens is 300 g/mol. The average molecular weight is 324 g/mol. The second kappa shape index (κ2) is 7.97. The van der Waals surface area contributed by atoms with Crippen molar-refractivity contribution in [3.63, 3.8) is 0 Å². The summed E-state index contributed by atoms with van der Waals surface area (Å²) < 4.78 is 5.28. The van der Waals surface area contributed by atoms with E-state index in [9.17, 15) is 4.79 Å². The molecule has 0 spiro atoms. The molecule has 0 bridgehead atoms. The molecule has 1 aliphatic rings. The Morgan fingerprint density at radius 3 is 2.71 bits per heavy atom. The van der Waals surface area contributed by atoms with E-state index in [0.717, 1.165) is 32.5 Å². The molecule has 0 aliphatic carbocycles. The first-order chi connectivity index (χ1) is 11.8. The molecule has 4 nitrogen and oxygen atoms in total. The van der Waals surface area contributed by atoms with Gasteiger partial charge in [-0.3, -0.25) is 9.69 Å². The second-order valence-corrected chi connectivity index (χ2v) is 6.23. The highest BCUT2D eigenvalue weighted by atomic mass is 16.5. The van der Waals surface area contributed by atoms with Crippen LogP contribution in [0.4, 0.5) is 0 Å². The number of carbonyl (C=O) groups excluding carboxylic acids is 1. The van der Waals surface area contributed by atoms with Crippen molar-refractivity contribution in [3.8, 4) is 5.75 Å². The zero-order valence-corrected chi connectivity index (χ0v) is 14.1. The van der Waals surface area contributed by atoms with Gasteiger partial charge in [-0.05, 0) is 37.1 Å². The normalized spacial score (nSPS) is 18.1. The van der Waals surface area contributed by atoms with Gasteiger partial charge in [0.1, 0.15) is 5.75 Å². The number of hydrogen-bond donors (Lipinski definition) is 1. The largest absolute Gasteiger partial charge is 0.496 e. The van der Waals surface area contributed by atoms with Gasteiger partial charge in [-0.15, -0.1) is 0 Å². The fourth-order valence-electron chi connectivity index (χ4n) is 3.25. The van der Waals surface area contributed by atoms with Gasteiger partial charge in [0.2, 0.25) is 0 Å². The molecular formula is C20H24N2O2. The van der Waals surface area contributed by atoms with Gasteiger partial charge in [-0.25, -0.2) is 0 Å². The summed E-state index contributed by atoms with van der Waals surface area (Å²) in [5.74, 6) is 0.561. The molecule has 1 heterocycles. The fourth-order valence-corrected chi connectivity index (χ4v) is 3.25. The molecule has 126 valence electrons. The van der Waals surface area contributed by atoms with E-state index in [2.05, 4.69) is 34.5 Å². The number of para-hydroxylation sites is 1. The van der Waals surface area contributed by atoms with Gasteiger partial charge in [-0.1, -0.05) is 42.5 Å². The van der Waals surface area contributed by atoms with E-state index in [1.54, 1.807) is 13.2 Å². The van der Waals surface area contributed by atoms with Gasteiger partial charge in [0.05, 0.1) is 12.7 Å². The Labute approximate surface area is 143 Å². The lowest BCUT2D eigenvalue weighted by Gasteiger charge is -2.33. The van der Waals surface area contributed by atoms with Crippen molar-refractivity contribution in [2.75, 3.05) is 20.2 Å². The molecule has 1 unspecified atom stereocenters. The standard InChI is InChI=1S/C20H24N2O2/c1-24-19-12-6-5-11-18(19)20(23)21-17-10-7-13-22(15-17)14-16-8-3-2-4-9-16/h2-6,8-9,11-12,17H,7,10,13-15H2,1H3,(H,21,23). The highest BCUT2D eigenvalue weighted by molar-refractivity contribution is 5.97. The molecule has 1 fully saturated rings. The van der Waals surface area contributed by atoms with Gasteiger partial charge >= 0.3 is 0 Å².